The zero-order chi connectivity index (χ0) is 15.5. The zero-order valence-electron chi connectivity index (χ0n) is 12.7. The van der Waals surface area contributed by atoms with Gasteiger partial charge in [0.05, 0.1) is 5.52 Å². The lowest BCUT2D eigenvalue weighted by Gasteiger charge is -2.19. The molecule has 1 N–H and O–H groups in total. The van der Waals surface area contributed by atoms with E-state index in [4.69, 9.17) is 9.47 Å². The molecule has 2 heterocycles. The Morgan fingerprint density at radius 2 is 2.05 bits per heavy atom. The maximum Gasteiger partial charge on any atom is 0.290 e. The number of ether oxygens (including phenoxy) is 2. The van der Waals surface area contributed by atoms with E-state index in [1.54, 1.807) is 13.1 Å². The highest BCUT2D eigenvalue weighted by atomic mass is 16.6. The summed E-state index contributed by atoms with van der Waals surface area (Å²) in [5.74, 6) is 0.541. The van der Waals surface area contributed by atoms with Crippen LogP contribution < -0.4 is 5.32 Å². The van der Waals surface area contributed by atoms with Crippen LogP contribution in [-0.4, -0.2) is 24.1 Å². The molecule has 0 unspecified atom stereocenters. The van der Waals surface area contributed by atoms with Gasteiger partial charge in [0.1, 0.15) is 19.0 Å². The number of amides is 1. The van der Waals surface area contributed by atoms with Crippen molar-refractivity contribution in [3.8, 4) is 0 Å². The van der Waals surface area contributed by atoms with Crippen molar-refractivity contribution < 1.29 is 14.3 Å². The molecular formula is C17H18N2O3. The van der Waals surface area contributed by atoms with E-state index < -0.39 is 0 Å². The molecule has 22 heavy (non-hydrogen) atoms. The fourth-order valence-corrected chi connectivity index (χ4v) is 2.54. The van der Waals surface area contributed by atoms with Crippen LogP contribution in [0.2, 0.25) is 0 Å². The molecule has 1 aromatic heterocycles. The minimum absolute atomic E-state index is 0.252. The van der Waals surface area contributed by atoms with Crippen molar-refractivity contribution in [3.63, 3.8) is 0 Å². The number of allylic oxidation sites excluding steroid dienone is 1. The van der Waals surface area contributed by atoms with E-state index in [1.807, 2.05) is 31.2 Å². The predicted octanol–water partition coefficient (Wildman–Crippen LogP) is 2.44. The first kappa shape index (κ1) is 14.4. The average Bonchev–Trinajstić information content (AvgIpc) is 2.54. The number of aryl methyl sites for hydroxylation is 1. The number of pyridine rings is 1. The van der Waals surface area contributed by atoms with Crippen molar-refractivity contribution in [1.29, 1.82) is 0 Å². The molecule has 0 spiro atoms. The van der Waals surface area contributed by atoms with Gasteiger partial charge in [-0.25, -0.2) is 0 Å². The van der Waals surface area contributed by atoms with E-state index in [0.717, 1.165) is 22.0 Å². The number of hydrogen-bond donors (Lipinski definition) is 1. The fraction of sp³-hybridized carbons (Fsp3) is 0.294. The molecule has 1 aliphatic rings. The highest BCUT2D eigenvalue weighted by Crippen LogP contribution is 2.21. The van der Waals surface area contributed by atoms with E-state index in [-0.39, 0.29) is 11.7 Å². The lowest BCUT2D eigenvalue weighted by atomic mass is 10.0. The van der Waals surface area contributed by atoms with Gasteiger partial charge in [-0.2, -0.15) is 0 Å². The minimum Gasteiger partial charge on any atom is -0.491 e. The molecule has 1 amide bonds. The van der Waals surface area contributed by atoms with Gasteiger partial charge in [-0.15, -0.1) is 0 Å². The maximum atomic E-state index is 12.2. The van der Waals surface area contributed by atoms with Gasteiger partial charge in [0, 0.05) is 18.1 Å². The number of nitrogens with zero attached hydrogens (tertiary/aromatic N) is 1. The van der Waals surface area contributed by atoms with Crippen LogP contribution in [0.4, 0.5) is 0 Å². The summed E-state index contributed by atoms with van der Waals surface area (Å²) >= 11 is 0. The topological polar surface area (TPSA) is 60.5 Å². The largest absolute Gasteiger partial charge is 0.491 e. The lowest BCUT2D eigenvalue weighted by Crippen LogP contribution is -2.29. The molecule has 0 bridgehead atoms. The molecule has 0 saturated carbocycles. The van der Waals surface area contributed by atoms with Crippen LogP contribution in [0.25, 0.3) is 10.9 Å². The molecule has 114 valence electrons. The second-order valence-corrected chi connectivity index (χ2v) is 5.20. The third kappa shape index (κ3) is 2.74. The quantitative estimate of drug-likeness (QED) is 0.945. The molecule has 5 nitrogen and oxygen atoms in total. The molecule has 1 aliphatic heterocycles. The van der Waals surface area contributed by atoms with Crippen LogP contribution >= 0.6 is 0 Å². The Balaban J connectivity index is 1.82. The van der Waals surface area contributed by atoms with E-state index in [1.165, 1.54) is 0 Å². The summed E-state index contributed by atoms with van der Waals surface area (Å²) in [4.78, 5) is 16.6. The highest BCUT2D eigenvalue weighted by Gasteiger charge is 2.19. The molecule has 0 saturated heterocycles. The molecule has 1 aromatic carbocycles. The SMILES string of the molecule is CC1=C(C(=O)NCc2c(C)ccc3ncccc23)OCCO1. The van der Waals surface area contributed by atoms with Gasteiger partial charge in [-0.05, 0) is 37.1 Å². The third-order valence-corrected chi connectivity index (χ3v) is 3.73. The maximum absolute atomic E-state index is 12.2. The number of aromatic nitrogens is 1. The second kappa shape index (κ2) is 6.05. The van der Waals surface area contributed by atoms with Crippen molar-refractivity contribution in [1.82, 2.24) is 10.3 Å². The Morgan fingerprint density at radius 1 is 1.23 bits per heavy atom. The summed E-state index contributed by atoms with van der Waals surface area (Å²) in [6, 6.07) is 7.92. The van der Waals surface area contributed by atoms with E-state index >= 15 is 0 Å². The Morgan fingerprint density at radius 3 is 2.86 bits per heavy atom. The molecule has 0 fully saturated rings. The van der Waals surface area contributed by atoms with Crippen LogP contribution in [0.5, 0.6) is 0 Å². The Kier molecular flexibility index (Phi) is 3.96. The van der Waals surface area contributed by atoms with Crippen molar-refractivity contribution in [2.75, 3.05) is 13.2 Å². The van der Waals surface area contributed by atoms with Crippen LogP contribution in [0.3, 0.4) is 0 Å². The summed E-state index contributed by atoms with van der Waals surface area (Å²) < 4.78 is 10.7. The second-order valence-electron chi connectivity index (χ2n) is 5.20. The summed E-state index contributed by atoms with van der Waals surface area (Å²) in [7, 11) is 0. The Hall–Kier alpha value is -2.56. The molecule has 5 heteroatoms. The fourth-order valence-electron chi connectivity index (χ4n) is 2.54. The number of benzene rings is 1. The number of nitrogens with one attached hydrogen (secondary N) is 1. The molecular weight excluding hydrogens is 280 g/mol. The van der Waals surface area contributed by atoms with Crippen molar-refractivity contribution >= 4 is 16.8 Å². The highest BCUT2D eigenvalue weighted by molar-refractivity contribution is 5.92. The summed E-state index contributed by atoms with van der Waals surface area (Å²) in [6.45, 7) is 5.07. The monoisotopic (exact) mass is 298 g/mol. The van der Waals surface area contributed by atoms with Gasteiger partial charge in [0.15, 0.2) is 0 Å². The Labute approximate surface area is 128 Å². The van der Waals surface area contributed by atoms with E-state index in [0.29, 0.717) is 25.5 Å². The van der Waals surface area contributed by atoms with Crippen LogP contribution in [0, 0.1) is 6.92 Å². The first-order chi connectivity index (χ1) is 10.7. The number of hydrogen-bond acceptors (Lipinski definition) is 4. The summed E-state index contributed by atoms with van der Waals surface area (Å²) in [5.41, 5.74) is 3.10. The first-order valence-electron chi connectivity index (χ1n) is 7.24. The summed E-state index contributed by atoms with van der Waals surface area (Å²) in [6.07, 6.45) is 1.77. The first-order valence-corrected chi connectivity index (χ1v) is 7.24. The normalized spacial score (nSPS) is 14.5. The van der Waals surface area contributed by atoms with Crippen LogP contribution in [0.1, 0.15) is 18.1 Å². The van der Waals surface area contributed by atoms with Gasteiger partial charge in [0.25, 0.3) is 5.91 Å². The molecule has 2 aromatic rings. The van der Waals surface area contributed by atoms with Gasteiger partial charge in [-0.1, -0.05) is 12.1 Å². The van der Waals surface area contributed by atoms with Gasteiger partial charge in [0.2, 0.25) is 5.76 Å². The van der Waals surface area contributed by atoms with Gasteiger partial charge >= 0.3 is 0 Å². The zero-order valence-corrected chi connectivity index (χ0v) is 12.7. The lowest BCUT2D eigenvalue weighted by molar-refractivity contribution is -0.122. The van der Waals surface area contributed by atoms with Gasteiger partial charge < -0.3 is 14.8 Å². The molecule has 0 radical (unpaired) electrons. The standard InChI is InChI=1S/C17H18N2O3/c1-11-5-6-15-13(4-3-7-18-15)14(11)10-19-17(20)16-12(2)21-8-9-22-16/h3-7H,8-10H2,1-2H3,(H,19,20). The third-order valence-electron chi connectivity index (χ3n) is 3.73. The summed E-state index contributed by atoms with van der Waals surface area (Å²) in [5, 5.41) is 3.95. The number of rotatable bonds is 3. The number of carbonyl (C=O) groups is 1. The number of fused-ring (bicyclic) bond motifs is 1. The van der Waals surface area contributed by atoms with E-state index in [2.05, 4.69) is 10.3 Å². The van der Waals surface area contributed by atoms with Crippen LogP contribution in [0.15, 0.2) is 42.0 Å². The smallest absolute Gasteiger partial charge is 0.290 e. The van der Waals surface area contributed by atoms with E-state index in [9.17, 15) is 4.79 Å². The average molecular weight is 298 g/mol. The van der Waals surface area contributed by atoms with Crippen molar-refractivity contribution in [2.45, 2.75) is 20.4 Å². The number of carbonyl (C=O) groups excluding carboxylic acids is 1. The minimum atomic E-state index is -0.252. The van der Waals surface area contributed by atoms with Gasteiger partial charge in [-0.3, -0.25) is 9.78 Å². The molecule has 0 atom stereocenters. The Bertz CT molecular complexity index is 753. The van der Waals surface area contributed by atoms with Crippen LogP contribution in [-0.2, 0) is 20.8 Å². The molecule has 3 rings (SSSR count). The van der Waals surface area contributed by atoms with Crippen molar-refractivity contribution in [2.24, 2.45) is 0 Å². The van der Waals surface area contributed by atoms with Crippen molar-refractivity contribution in [3.05, 3.63) is 53.1 Å². The predicted molar refractivity (Wildman–Crippen MR) is 82.9 cm³/mol. The molecule has 0 aliphatic carbocycles.